The summed E-state index contributed by atoms with van der Waals surface area (Å²) < 4.78 is 5.02. The Kier molecular flexibility index (Phi) is 2.36. The Bertz CT molecular complexity index is 417. The van der Waals surface area contributed by atoms with Gasteiger partial charge in [0.15, 0.2) is 0 Å². The highest BCUT2D eigenvalue weighted by atomic mass is 16.5. The van der Waals surface area contributed by atoms with Crippen molar-refractivity contribution in [2.75, 3.05) is 7.11 Å². The quantitative estimate of drug-likeness (QED) is 0.715. The van der Waals surface area contributed by atoms with Crippen molar-refractivity contribution < 1.29 is 4.74 Å². The second-order valence-electron chi connectivity index (χ2n) is 2.68. The minimum Gasteiger partial charge on any atom is -0.481 e. The fourth-order valence-corrected chi connectivity index (χ4v) is 1.13. The minimum atomic E-state index is 0.577. The highest BCUT2D eigenvalue weighted by Crippen LogP contribution is 2.18. The molecule has 0 radical (unpaired) electrons. The summed E-state index contributed by atoms with van der Waals surface area (Å²) in [7, 11) is 1.59. The third kappa shape index (κ3) is 1.69. The molecular formula is C10H9N3O. The smallest absolute Gasteiger partial charge is 0.213 e. The normalized spacial score (nSPS) is 9.79. The minimum absolute atomic E-state index is 0.577. The molecule has 4 heteroatoms. The molecule has 0 amide bonds. The van der Waals surface area contributed by atoms with Gasteiger partial charge in [-0.15, -0.1) is 0 Å². The average molecular weight is 187 g/mol. The molecular weight excluding hydrogens is 178 g/mol. The summed E-state index contributed by atoms with van der Waals surface area (Å²) in [5.41, 5.74) is 1.76. The van der Waals surface area contributed by atoms with Gasteiger partial charge in [-0.3, -0.25) is 9.97 Å². The number of hydrogen-bond acceptors (Lipinski definition) is 4. The van der Waals surface area contributed by atoms with Gasteiger partial charge in [0.05, 0.1) is 19.0 Å². The van der Waals surface area contributed by atoms with Crippen molar-refractivity contribution in [3.05, 3.63) is 36.9 Å². The number of ether oxygens (including phenoxy) is 1. The molecule has 0 N–H and O–H groups in total. The van der Waals surface area contributed by atoms with Crippen LogP contribution in [0.25, 0.3) is 11.3 Å². The number of hydrogen-bond donors (Lipinski definition) is 0. The SMILES string of the molecule is COc1cc(-c2cnccn2)ccn1. The van der Waals surface area contributed by atoms with Gasteiger partial charge in [0.25, 0.3) is 0 Å². The first-order valence-electron chi connectivity index (χ1n) is 4.16. The van der Waals surface area contributed by atoms with Crippen LogP contribution in [0.3, 0.4) is 0 Å². The molecule has 14 heavy (non-hydrogen) atoms. The summed E-state index contributed by atoms with van der Waals surface area (Å²) >= 11 is 0. The Morgan fingerprint density at radius 2 is 2.07 bits per heavy atom. The van der Waals surface area contributed by atoms with Crippen molar-refractivity contribution >= 4 is 0 Å². The Balaban J connectivity index is 2.42. The largest absolute Gasteiger partial charge is 0.481 e. The van der Waals surface area contributed by atoms with E-state index in [0.717, 1.165) is 11.3 Å². The Labute approximate surface area is 81.6 Å². The average Bonchev–Trinajstić information content (AvgIpc) is 2.30. The van der Waals surface area contributed by atoms with E-state index in [2.05, 4.69) is 15.0 Å². The summed E-state index contributed by atoms with van der Waals surface area (Å²) in [5, 5.41) is 0. The molecule has 0 bridgehead atoms. The second kappa shape index (κ2) is 3.83. The summed E-state index contributed by atoms with van der Waals surface area (Å²) in [4.78, 5) is 12.2. The third-order valence-corrected chi connectivity index (χ3v) is 1.80. The molecule has 0 saturated heterocycles. The van der Waals surface area contributed by atoms with Crippen LogP contribution < -0.4 is 4.74 Å². The highest BCUT2D eigenvalue weighted by Gasteiger charge is 2.00. The lowest BCUT2D eigenvalue weighted by Crippen LogP contribution is -1.89. The van der Waals surface area contributed by atoms with Gasteiger partial charge in [-0.2, -0.15) is 0 Å². The lowest BCUT2D eigenvalue weighted by atomic mass is 10.2. The molecule has 0 saturated carbocycles. The number of methoxy groups -OCH3 is 1. The first-order valence-corrected chi connectivity index (χ1v) is 4.16. The van der Waals surface area contributed by atoms with E-state index in [1.54, 1.807) is 31.9 Å². The van der Waals surface area contributed by atoms with Gasteiger partial charge in [0.2, 0.25) is 5.88 Å². The summed E-state index contributed by atoms with van der Waals surface area (Å²) in [6.45, 7) is 0. The maximum Gasteiger partial charge on any atom is 0.213 e. The topological polar surface area (TPSA) is 47.9 Å². The Morgan fingerprint density at radius 3 is 2.79 bits per heavy atom. The molecule has 70 valence electrons. The van der Waals surface area contributed by atoms with Gasteiger partial charge < -0.3 is 4.74 Å². The van der Waals surface area contributed by atoms with Gasteiger partial charge in [0.1, 0.15) is 0 Å². The van der Waals surface area contributed by atoms with Crippen molar-refractivity contribution in [3.8, 4) is 17.1 Å². The van der Waals surface area contributed by atoms with E-state index in [0.29, 0.717) is 5.88 Å². The molecule has 2 aromatic heterocycles. The van der Waals surface area contributed by atoms with Crippen LogP contribution in [-0.4, -0.2) is 22.1 Å². The molecule has 0 aliphatic carbocycles. The van der Waals surface area contributed by atoms with Crippen molar-refractivity contribution in [1.82, 2.24) is 15.0 Å². The van der Waals surface area contributed by atoms with Crippen molar-refractivity contribution in [2.45, 2.75) is 0 Å². The molecule has 0 aliphatic rings. The van der Waals surface area contributed by atoms with Crippen LogP contribution in [0.15, 0.2) is 36.9 Å². The number of aromatic nitrogens is 3. The molecule has 0 fully saturated rings. The summed E-state index contributed by atoms with van der Waals surface area (Å²) in [6, 6.07) is 3.69. The van der Waals surface area contributed by atoms with Crippen molar-refractivity contribution in [1.29, 1.82) is 0 Å². The number of rotatable bonds is 2. The van der Waals surface area contributed by atoms with Crippen molar-refractivity contribution in [2.24, 2.45) is 0 Å². The van der Waals surface area contributed by atoms with Gasteiger partial charge >= 0.3 is 0 Å². The van der Waals surface area contributed by atoms with E-state index in [9.17, 15) is 0 Å². The molecule has 0 unspecified atom stereocenters. The van der Waals surface area contributed by atoms with Gasteiger partial charge in [-0.1, -0.05) is 0 Å². The van der Waals surface area contributed by atoms with Crippen LogP contribution in [0.2, 0.25) is 0 Å². The van der Waals surface area contributed by atoms with Crippen LogP contribution in [0, 0.1) is 0 Å². The summed E-state index contributed by atoms with van der Waals surface area (Å²) in [5.74, 6) is 0.577. The lowest BCUT2D eigenvalue weighted by molar-refractivity contribution is 0.398. The molecule has 2 heterocycles. The fraction of sp³-hybridized carbons (Fsp3) is 0.100. The van der Waals surface area contributed by atoms with E-state index < -0.39 is 0 Å². The molecule has 0 aliphatic heterocycles. The number of pyridine rings is 1. The van der Waals surface area contributed by atoms with Crippen LogP contribution in [0.1, 0.15) is 0 Å². The van der Waals surface area contributed by atoms with Gasteiger partial charge in [-0.25, -0.2) is 4.98 Å². The van der Waals surface area contributed by atoms with E-state index >= 15 is 0 Å². The zero-order valence-electron chi connectivity index (χ0n) is 7.71. The fourth-order valence-electron chi connectivity index (χ4n) is 1.13. The molecule has 0 spiro atoms. The van der Waals surface area contributed by atoms with E-state index in [1.165, 1.54) is 0 Å². The zero-order chi connectivity index (χ0) is 9.80. The molecule has 0 aromatic carbocycles. The first kappa shape index (κ1) is 8.62. The van der Waals surface area contributed by atoms with Crippen LogP contribution in [-0.2, 0) is 0 Å². The van der Waals surface area contributed by atoms with Crippen molar-refractivity contribution in [3.63, 3.8) is 0 Å². The molecule has 2 rings (SSSR count). The first-order chi connectivity index (χ1) is 6.90. The maximum absolute atomic E-state index is 5.02. The standard InChI is InChI=1S/C10H9N3O/c1-14-10-6-8(2-3-13-10)9-7-11-4-5-12-9/h2-7H,1H3. The van der Waals surface area contributed by atoms with Gasteiger partial charge in [0, 0.05) is 30.2 Å². The zero-order valence-corrected chi connectivity index (χ0v) is 7.71. The van der Waals surface area contributed by atoms with E-state index in [1.807, 2.05) is 12.1 Å². The lowest BCUT2D eigenvalue weighted by Gasteiger charge is -2.01. The number of nitrogens with zero attached hydrogens (tertiary/aromatic N) is 3. The molecule has 4 nitrogen and oxygen atoms in total. The second-order valence-corrected chi connectivity index (χ2v) is 2.68. The van der Waals surface area contributed by atoms with Gasteiger partial charge in [-0.05, 0) is 6.07 Å². The summed E-state index contributed by atoms with van der Waals surface area (Å²) in [6.07, 6.45) is 6.68. The van der Waals surface area contributed by atoms with Crippen LogP contribution in [0.4, 0.5) is 0 Å². The highest BCUT2D eigenvalue weighted by molar-refractivity contribution is 5.58. The van der Waals surface area contributed by atoms with E-state index in [4.69, 9.17) is 4.74 Å². The predicted molar refractivity (Wildman–Crippen MR) is 51.8 cm³/mol. The van der Waals surface area contributed by atoms with Crippen LogP contribution in [0.5, 0.6) is 5.88 Å². The maximum atomic E-state index is 5.02. The predicted octanol–water partition coefficient (Wildman–Crippen LogP) is 1.55. The van der Waals surface area contributed by atoms with Crippen LogP contribution >= 0.6 is 0 Å². The Hall–Kier alpha value is -1.97. The van der Waals surface area contributed by atoms with E-state index in [-0.39, 0.29) is 0 Å². The molecule has 2 aromatic rings. The molecule has 0 atom stereocenters. The Morgan fingerprint density at radius 1 is 1.14 bits per heavy atom. The monoisotopic (exact) mass is 187 g/mol. The third-order valence-electron chi connectivity index (χ3n) is 1.80.